The molecule has 0 aliphatic rings. The molecular weight excluding hydrogens is 781 g/mol. The van der Waals surface area contributed by atoms with E-state index in [0.29, 0.717) is 19.3 Å². The van der Waals surface area contributed by atoms with Crippen LogP contribution in [0, 0.1) is 0 Å². The minimum atomic E-state index is -0.782. The van der Waals surface area contributed by atoms with Crippen LogP contribution in [0.3, 0.4) is 0 Å². The molecule has 0 heterocycles. The normalized spacial score (nSPS) is 12.5. The van der Waals surface area contributed by atoms with Crippen molar-refractivity contribution in [2.24, 2.45) is 0 Å². The molecule has 0 N–H and O–H groups in total. The van der Waals surface area contributed by atoms with Crippen LogP contribution < -0.4 is 0 Å². The van der Waals surface area contributed by atoms with Gasteiger partial charge in [-0.15, -0.1) is 0 Å². The molecule has 63 heavy (non-hydrogen) atoms. The molecule has 0 bridgehead atoms. The monoisotopic (exact) mass is 881 g/mol. The highest BCUT2D eigenvalue weighted by Gasteiger charge is 2.19. The molecule has 0 rings (SSSR count). The molecule has 0 aromatic heterocycles. The maximum absolute atomic E-state index is 12.8. The first-order valence-corrected chi connectivity index (χ1v) is 26.8. The quantitative estimate of drug-likeness (QED) is 0.0199. The van der Waals surface area contributed by atoms with Crippen LogP contribution in [0.25, 0.3) is 0 Å². The third-order valence-corrected chi connectivity index (χ3v) is 11.5. The standard InChI is InChI=1S/C57H100O6/c1-4-7-10-13-16-19-22-25-27-28-29-30-31-33-35-38-41-44-47-50-56(59)62-53-54(52-61-55(58)49-46-43-40-37-34-24-21-18-15-12-9-6-3)63-57(60)51-48-45-42-39-36-32-26-23-20-17-14-11-8-5-2/h8,11,16-22,25,54H,4-7,9-10,12-15,23-24,26-53H2,1-3H3/b11-8-,19-16-,20-17-,21-18-,25-22-. The number of carbonyl (C=O) groups is 3. The molecule has 1 unspecified atom stereocenters. The van der Waals surface area contributed by atoms with E-state index in [2.05, 4.69) is 81.5 Å². The second-order valence-corrected chi connectivity index (χ2v) is 17.8. The lowest BCUT2D eigenvalue weighted by Crippen LogP contribution is -2.30. The largest absolute Gasteiger partial charge is 0.462 e. The van der Waals surface area contributed by atoms with Gasteiger partial charge in [-0.25, -0.2) is 0 Å². The highest BCUT2D eigenvalue weighted by Crippen LogP contribution is 2.15. The molecule has 0 spiro atoms. The molecule has 6 nitrogen and oxygen atoms in total. The third-order valence-electron chi connectivity index (χ3n) is 11.5. The van der Waals surface area contributed by atoms with Gasteiger partial charge in [0.1, 0.15) is 13.2 Å². The SMILES string of the molecule is CC/C=C\C/C=C\CCCCCCCCCC(=O)OC(COC(=O)CCCCCCC/C=C\CCCCC)COC(=O)CCCCCCCCCCCC/C=C\C=C/CCCCC. The van der Waals surface area contributed by atoms with E-state index in [9.17, 15) is 14.4 Å². The smallest absolute Gasteiger partial charge is 0.306 e. The highest BCUT2D eigenvalue weighted by molar-refractivity contribution is 5.71. The molecule has 0 aromatic rings. The molecule has 6 heteroatoms. The summed E-state index contributed by atoms with van der Waals surface area (Å²) in [7, 11) is 0. The van der Waals surface area contributed by atoms with E-state index in [4.69, 9.17) is 14.2 Å². The lowest BCUT2D eigenvalue weighted by molar-refractivity contribution is -0.167. The van der Waals surface area contributed by atoms with Crippen molar-refractivity contribution in [2.45, 2.75) is 271 Å². The van der Waals surface area contributed by atoms with Crippen LogP contribution >= 0.6 is 0 Å². The van der Waals surface area contributed by atoms with Gasteiger partial charge >= 0.3 is 17.9 Å². The number of hydrogen-bond donors (Lipinski definition) is 0. The fourth-order valence-electron chi connectivity index (χ4n) is 7.47. The first-order valence-electron chi connectivity index (χ1n) is 26.8. The fourth-order valence-corrected chi connectivity index (χ4v) is 7.47. The summed E-state index contributed by atoms with van der Waals surface area (Å²) in [4.78, 5) is 38.0. The van der Waals surface area contributed by atoms with Crippen LogP contribution in [-0.2, 0) is 28.6 Å². The minimum absolute atomic E-state index is 0.0814. The summed E-state index contributed by atoms with van der Waals surface area (Å²) in [5, 5.41) is 0. The summed E-state index contributed by atoms with van der Waals surface area (Å²) in [6.07, 6.45) is 63.4. The van der Waals surface area contributed by atoms with Gasteiger partial charge in [0.05, 0.1) is 0 Å². The number of ether oxygens (including phenoxy) is 3. The Hall–Kier alpha value is -2.89. The van der Waals surface area contributed by atoms with Crippen molar-refractivity contribution in [2.75, 3.05) is 13.2 Å². The van der Waals surface area contributed by atoms with Gasteiger partial charge < -0.3 is 14.2 Å². The van der Waals surface area contributed by atoms with Gasteiger partial charge in [-0.3, -0.25) is 14.4 Å². The summed E-state index contributed by atoms with van der Waals surface area (Å²) < 4.78 is 16.8. The summed E-state index contributed by atoms with van der Waals surface area (Å²) in [5.74, 6) is -0.897. The topological polar surface area (TPSA) is 78.9 Å². The summed E-state index contributed by atoms with van der Waals surface area (Å²) in [6, 6.07) is 0. The van der Waals surface area contributed by atoms with Gasteiger partial charge in [0.25, 0.3) is 0 Å². The third kappa shape index (κ3) is 50.0. The molecule has 0 fully saturated rings. The van der Waals surface area contributed by atoms with Crippen molar-refractivity contribution in [1.82, 2.24) is 0 Å². The number of esters is 3. The lowest BCUT2D eigenvalue weighted by Gasteiger charge is -2.18. The molecule has 0 aliphatic carbocycles. The second-order valence-electron chi connectivity index (χ2n) is 17.8. The average molecular weight is 881 g/mol. The van der Waals surface area contributed by atoms with Crippen molar-refractivity contribution in [1.29, 1.82) is 0 Å². The lowest BCUT2D eigenvalue weighted by atomic mass is 10.1. The van der Waals surface area contributed by atoms with Gasteiger partial charge in [-0.05, 0) is 96.3 Å². The number of carbonyl (C=O) groups excluding carboxylic acids is 3. The molecule has 0 saturated heterocycles. The second kappa shape index (κ2) is 51.7. The Morgan fingerprint density at radius 2 is 0.667 bits per heavy atom. The number of rotatable bonds is 48. The van der Waals surface area contributed by atoms with Crippen LogP contribution in [0.15, 0.2) is 60.8 Å². The summed E-state index contributed by atoms with van der Waals surface area (Å²) in [5.41, 5.74) is 0. The van der Waals surface area contributed by atoms with Crippen molar-refractivity contribution in [3.05, 3.63) is 60.8 Å². The van der Waals surface area contributed by atoms with Crippen molar-refractivity contribution >= 4 is 17.9 Å². The molecule has 0 aromatic carbocycles. The molecular formula is C57H100O6. The Kier molecular flexibility index (Phi) is 49.4. The van der Waals surface area contributed by atoms with Crippen LogP contribution in [0.2, 0.25) is 0 Å². The van der Waals surface area contributed by atoms with Gasteiger partial charge in [0, 0.05) is 19.3 Å². The van der Waals surface area contributed by atoms with Crippen molar-refractivity contribution in [3.8, 4) is 0 Å². The number of unbranched alkanes of at least 4 members (excludes halogenated alkanes) is 28. The maximum atomic E-state index is 12.8. The predicted molar refractivity (Wildman–Crippen MR) is 270 cm³/mol. The Morgan fingerprint density at radius 3 is 1.06 bits per heavy atom. The van der Waals surface area contributed by atoms with Crippen LogP contribution in [0.5, 0.6) is 0 Å². The number of hydrogen-bond acceptors (Lipinski definition) is 6. The highest BCUT2D eigenvalue weighted by atomic mass is 16.6. The zero-order valence-electron chi connectivity index (χ0n) is 41.6. The zero-order chi connectivity index (χ0) is 45.8. The Balaban J connectivity index is 4.35. The van der Waals surface area contributed by atoms with E-state index in [-0.39, 0.29) is 31.1 Å². The molecule has 0 saturated carbocycles. The van der Waals surface area contributed by atoms with Gasteiger partial charge in [-0.1, -0.05) is 210 Å². The van der Waals surface area contributed by atoms with Crippen LogP contribution in [-0.4, -0.2) is 37.2 Å². The van der Waals surface area contributed by atoms with E-state index in [1.807, 2.05) is 0 Å². The van der Waals surface area contributed by atoms with Crippen LogP contribution in [0.1, 0.15) is 265 Å². The molecule has 364 valence electrons. The van der Waals surface area contributed by atoms with Gasteiger partial charge in [0.15, 0.2) is 6.10 Å². The first-order chi connectivity index (χ1) is 31.0. The van der Waals surface area contributed by atoms with E-state index in [1.54, 1.807) is 0 Å². The Morgan fingerprint density at radius 1 is 0.349 bits per heavy atom. The van der Waals surface area contributed by atoms with Crippen molar-refractivity contribution in [3.63, 3.8) is 0 Å². The van der Waals surface area contributed by atoms with Gasteiger partial charge in [-0.2, -0.15) is 0 Å². The molecule has 1 atom stereocenters. The van der Waals surface area contributed by atoms with Gasteiger partial charge in [0.2, 0.25) is 0 Å². The maximum Gasteiger partial charge on any atom is 0.306 e. The van der Waals surface area contributed by atoms with Crippen LogP contribution in [0.4, 0.5) is 0 Å². The molecule has 0 amide bonds. The fraction of sp³-hybridized carbons (Fsp3) is 0.772. The minimum Gasteiger partial charge on any atom is -0.462 e. The zero-order valence-corrected chi connectivity index (χ0v) is 41.6. The number of allylic oxidation sites excluding steroid dienone is 10. The molecule has 0 aliphatic heterocycles. The van der Waals surface area contributed by atoms with E-state index in [1.165, 1.54) is 141 Å². The summed E-state index contributed by atoms with van der Waals surface area (Å²) in [6.45, 7) is 6.48. The first kappa shape index (κ1) is 60.1. The van der Waals surface area contributed by atoms with E-state index < -0.39 is 6.10 Å². The Labute approximate surface area is 390 Å². The van der Waals surface area contributed by atoms with E-state index in [0.717, 1.165) is 83.5 Å². The van der Waals surface area contributed by atoms with Crippen molar-refractivity contribution < 1.29 is 28.6 Å². The average Bonchev–Trinajstić information content (AvgIpc) is 3.28. The summed E-state index contributed by atoms with van der Waals surface area (Å²) >= 11 is 0. The Bertz CT molecular complexity index is 1150. The predicted octanol–water partition coefficient (Wildman–Crippen LogP) is 17.6. The van der Waals surface area contributed by atoms with E-state index >= 15 is 0 Å². The molecule has 0 radical (unpaired) electrons.